The molecule has 1 heterocycles. The molecule has 0 unspecified atom stereocenters. The van der Waals surface area contributed by atoms with E-state index in [0.29, 0.717) is 28.0 Å². The third kappa shape index (κ3) is 4.74. The highest BCUT2D eigenvalue weighted by Crippen LogP contribution is 2.27. The first kappa shape index (κ1) is 18.7. The summed E-state index contributed by atoms with van der Waals surface area (Å²) < 4.78 is 5.65. The van der Waals surface area contributed by atoms with Gasteiger partial charge < -0.3 is 15.8 Å². The molecule has 3 aromatic rings. The Morgan fingerprint density at radius 2 is 2.00 bits per heavy atom. The van der Waals surface area contributed by atoms with E-state index in [-0.39, 0.29) is 6.10 Å². The first-order chi connectivity index (χ1) is 12.9. The second kappa shape index (κ2) is 8.05. The van der Waals surface area contributed by atoms with E-state index in [1.54, 1.807) is 36.5 Å². The molecule has 0 fully saturated rings. The van der Waals surface area contributed by atoms with Crippen molar-refractivity contribution < 1.29 is 9.53 Å². The molecule has 27 heavy (non-hydrogen) atoms. The summed E-state index contributed by atoms with van der Waals surface area (Å²) in [7, 11) is 0. The molecule has 0 atom stereocenters. The Balaban J connectivity index is 1.92. The maximum absolute atomic E-state index is 11.8. The topological polar surface area (TPSA) is 90.1 Å². The number of carbonyl (C=O) groups is 1. The van der Waals surface area contributed by atoms with Crippen molar-refractivity contribution in [3.8, 4) is 17.0 Å². The van der Waals surface area contributed by atoms with Gasteiger partial charge in [-0.25, -0.2) is 9.97 Å². The molecular weight excluding hydrogens is 364 g/mol. The second-order valence-electron chi connectivity index (χ2n) is 6.14. The molecule has 0 saturated heterocycles. The maximum atomic E-state index is 11.8. The predicted octanol–water partition coefficient (Wildman–Crippen LogP) is 4.43. The summed E-state index contributed by atoms with van der Waals surface area (Å²) in [6, 6.07) is 14.2. The standard InChI is InChI=1S/C20H19ClN4O2/c1-12(2)27-18-7-6-13(10-16(18)19(22)26)17-8-9-23-20(25-17)24-15-5-3-4-14(21)11-15/h3-12H,1-2H3,(H2,22,26)(H,23,24,25). The van der Waals surface area contributed by atoms with Crippen molar-refractivity contribution in [1.82, 2.24) is 9.97 Å². The Bertz CT molecular complexity index is 976. The Morgan fingerprint density at radius 3 is 2.70 bits per heavy atom. The number of benzene rings is 2. The largest absolute Gasteiger partial charge is 0.490 e. The van der Waals surface area contributed by atoms with Crippen LogP contribution in [-0.2, 0) is 0 Å². The highest BCUT2D eigenvalue weighted by Gasteiger charge is 2.13. The van der Waals surface area contributed by atoms with Crippen LogP contribution in [0.25, 0.3) is 11.3 Å². The van der Waals surface area contributed by atoms with Crippen molar-refractivity contribution in [3.05, 3.63) is 65.3 Å². The molecule has 2 aromatic carbocycles. The summed E-state index contributed by atoms with van der Waals surface area (Å²) in [5.74, 6) is 0.310. The van der Waals surface area contributed by atoms with Crippen LogP contribution in [0.4, 0.5) is 11.6 Å². The van der Waals surface area contributed by atoms with Gasteiger partial charge in [0, 0.05) is 22.5 Å². The number of nitrogens with two attached hydrogens (primary N) is 1. The van der Waals surface area contributed by atoms with E-state index >= 15 is 0 Å². The zero-order valence-corrected chi connectivity index (χ0v) is 15.7. The van der Waals surface area contributed by atoms with Crippen LogP contribution in [-0.4, -0.2) is 22.0 Å². The lowest BCUT2D eigenvalue weighted by Crippen LogP contribution is -2.15. The van der Waals surface area contributed by atoms with Gasteiger partial charge in [0.1, 0.15) is 5.75 Å². The minimum absolute atomic E-state index is 0.0681. The minimum Gasteiger partial charge on any atom is -0.490 e. The molecule has 0 spiro atoms. The van der Waals surface area contributed by atoms with E-state index in [1.807, 2.05) is 32.0 Å². The van der Waals surface area contributed by atoms with E-state index < -0.39 is 5.91 Å². The van der Waals surface area contributed by atoms with Gasteiger partial charge in [-0.2, -0.15) is 0 Å². The first-order valence-corrected chi connectivity index (χ1v) is 8.76. The summed E-state index contributed by atoms with van der Waals surface area (Å²) in [6.45, 7) is 3.77. The zero-order chi connectivity index (χ0) is 19.4. The number of ether oxygens (including phenoxy) is 1. The van der Waals surface area contributed by atoms with Crippen molar-refractivity contribution >= 4 is 29.1 Å². The number of nitrogens with zero attached hydrogens (tertiary/aromatic N) is 2. The number of amides is 1. The van der Waals surface area contributed by atoms with E-state index in [4.69, 9.17) is 22.1 Å². The lowest BCUT2D eigenvalue weighted by atomic mass is 10.1. The van der Waals surface area contributed by atoms with Crippen molar-refractivity contribution in [2.45, 2.75) is 20.0 Å². The van der Waals surface area contributed by atoms with Gasteiger partial charge in [0.25, 0.3) is 5.91 Å². The third-order valence-corrected chi connectivity index (χ3v) is 3.87. The molecular formula is C20H19ClN4O2. The Labute approximate surface area is 162 Å². The highest BCUT2D eigenvalue weighted by molar-refractivity contribution is 6.30. The number of anilines is 2. The lowest BCUT2D eigenvalue weighted by Gasteiger charge is -2.14. The lowest BCUT2D eigenvalue weighted by molar-refractivity contribution is 0.0994. The second-order valence-corrected chi connectivity index (χ2v) is 6.58. The van der Waals surface area contributed by atoms with E-state index in [0.717, 1.165) is 11.3 Å². The molecule has 138 valence electrons. The Morgan fingerprint density at radius 1 is 1.19 bits per heavy atom. The van der Waals surface area contributed by atoms with Crippen LogP contribution in [0.5, 0.6) is 5.75 Å². The maximum Gasteiger partial charge on any atom is 0.252 e. The molecule has 1 amide bonds. The number of primary amides is 1. The SMILES string of the molecule is CC(C)Oc1ccc(-c2ccnc(Nc3cccc(Cl)c3)n2)cc1C(N)=O. The van der Waals surface area contributed by atoms with Gasteiger partial charge >= 0.3 is 0 Å². The van der Waals surface area contributed by atoms with Crippen LogP contribution in [0.2, 0.25) is 5.02 Å². The fraction of sp³-hybridized carbons (Fsp3) is 0.150. The summed E-state index contributed by atoms with van der Waals surface area (Å²) in [4.78, 5) is 20.5. The van der Waals surface area contributed by atoms with Crippen LogP contribution in [0.3, 0.4) is 0 Å². The van der Waals surface area contributed by atoms with Crippen LogP contribution in [0.1, 0.15) is 24.2 Å². The van der Waals surface area contributed by atoms with Gasteiger partial charge in [-0.1, -0.05) is 17.7 Å². The zero-order valence-electron chi connectivity index (χ0n) is 14.9. The average molecular weight is 383 g/mol. The molecule has 1 aromatic heterocycles. The van der Waals surface area contributed by atoms with Crippen molar-refractivity contribution in [3.63, 3.8) is 0 Å². The van der Waals surface area contributed by atoms with Crippen molar-refractivity contribution in [1.29, 1.82) is 0 Å². The third-order valence-electron chi connectivity index (χ3n) is 3.64. The van der Waals surface area contributed by atoms with E-state index in [9.17, 15) is 4.79 Å². The molecule has 0 bridgehead atoms. The number of halogens is 1. The molecule has 6 nitrogen and oxygen atoms in total. The van der Waals surface area contributed by atoms with Gasteiger partial charge in [0.2, 0.25) is 5.95 Å². The fourth-order valence-electron chi connectivity index (χ4n) is 2.51. The minimum atomic E-state index is -0.557. The molecule has 0 aliphatic carbocycles. The van der Waals surface area contributed by atoms with Gasteiger partial charge in [-0.3, -0.25) is 4.79 Å². The van der Waals surface area contributed by atoms with Gasteiger partial charge in [-0.05, 0) is 56.3 Å². The van der Waals surface area contributed by atoms with Crippen LogP contribution in [0.15, 0.2) is 54.7 Å². The molecule has 3 N–H and O–H groups in total. The number of aromatic nitrogens is 2. The molecule has 3 rings (SSSR count). The van der Waals surface area contributed by atoms with Gasteiger partial charge in [-0.15, -0.1) is 0 Å². The molecule has 0 saturated carbocycles. The van der Waals surface area contributed by atoms with Crippen molar-refractivity contribution in [2.75, 3.05) is 5.32 Å². The van der Waals surface area contributed by atoms with Crippen LogP contribution >= 0.6 is 11.6 Å². The Kier molecular flexibility index (Phi) is 5.57. The smallest absolute Gasteiger partial charge is 0.252 e. The number of hydrogen-bond donors (Lipinski definition) is 2. The summed E-state index contributed by atoms with van der Waals surface area (Å²) >= 11 is 6.00. The van der Waals surface area contributed by atoms with Crippen LogP contribution in [0, 0.1) is 0 Å². The summed E-state index contributed by atoms with van der Waals surface area (Å²) in [5.41, 5.74) is 7.97. The summed E-state index contributed by atoms with van der Waals surface area (Å²) in [6.07, 6.45) is 1.57. The van der Waals surface area contributed by atoms with E-state index in [2.05, 4.69) is 15.3 Å². The molecule has 0 radical (unpaired) electrons. The summed E-state index contributed by atoms with van der Waals surface area (Å²) in [5, 5.41) is 3.72. The number of hydrogen-bond acceptors (Lipinski definition) is 5. The predicted molar refractivity (Wildman–Crippen MR) is 106 cm³/mol. The fourth-order valence-corrected chi connectivity index (χ4v) is 2.70. The van der Waals surface area contributed by atoms with Gasteiger partial charge in [0.15, 0.2) is 0 Å². The highest BCUT2D eigenvalue weighted by atomic mass is 35.5. The molecule has 0 aliphatic rings. The first-order valence-electron chi connectivity index (χ1n) is 8.39. The quantitative estimate of drug-likeness (QED) is 0.658. The number of nitrogens with one attached hydrogen (secondary N) is 1. The molecule has 7 heteroatoms. The Hall–Kier alpha value is -3.12. The average Bonchev–Trinajstić information content (AvgIpc) is 2.61. The monoisotopic (exact) mass is 382 g/mol. The van der Waals surface area contributed by atoms with E-state index in [1.165, 1.54) is 0 Å². The number of rotatable bonds is 6. The van der Waals surface area contributed by atoms with Crippen molar-refractivity contribution in [2.24, 2.45) is 5.73 Å². The molecule has 0 aliphatic heterocycles. The van der Waals surface area contributed by atoms with Gasteiger partial charge in [0.05, 0.1) is 17.4 Å². The number of carbonyl (C=O) groups excluding carboxylic acids is 1. The normalized spacial score (nSPS) is 10.7. The van der Waals surface area contributed by atoms with Crippen LogP contribution < -0.4 is 15.8 Å².